The van der Waals surface area contributed by atoms with E-state index < -0.39 is 11.7 Å². The van der Waals surface area contributed by atoms with E-state index in [9.17, 15) is 9.65 Å². The van der Waals surface area contributed by atoms with Gasteiger partial charge in [0, 0.05) is 5.57 Å². The topological polar surface area (TPSA) is 23.8 Å². The minimum Gasteiger partial charge on any atom is -0.205 e. The summed E-state index contributed by atoms with van der Waals surface area (Å²) in [7, 11) is 0. The lowest BCUT2D eigenvalue weighted by Gasteiger charge is -2.24. The Morgan fingerprint density at radius 2 is 1.95 bits per heavy atom. The second-order valence-electron chi connectivity index (χ2n) is 6.80. The molecule has 118 valence electrons. The Morgan fingerprint density at radius 3 is 2.33 bits per heavy atom. The second kappa shape index (κ2) is 9.05. The average Bonchev–Trinajstić information content (AvgIpc) is 2.35. The molecule has 0 radical (unpaired) electrons. The summed E-state index contributed by atoms with van der Waals surface area (Å²) in [6.45, 7) is 14.0. The first-order valence-corrected chi connectivity index (χ1v) is 7.77. The van der Waals surface area contributed by atoms with Crippen molar-refractivity contribution in [2.45, 2.75) is 53.9 Å². The summed E-state index contributed by atoms with van der Waals surface area (Å²) in [5.74, 6) is -0.570. The van der Waals surface area contributed by atoms with Gasteiger partial charge in [-0.2, -0.15) is 5.26 Å². The van der Waals surface area contributed by atoms with Crippen molar-refractivity contribution < 1.29 is 4.39 Å². The van der Waals surface area contributed by atoms with Crippen molar-refractivity contribution in [1.29, 1.82) is 5.26 Å². The van der Waals surface area contributed by atoms with Crippen molar-refractivity contribution in [1.82, 2.24) is 0 Å². The predicted molar refractivity (Wildman–Crippen MR) is 89.5 cm³/mol. The van der Waals surface area contributed by atoms with E-state index in [0.717, 1.165) is 12.8 Å². The zero-order valence-electron chi connectivity index (χ0n) is 13.8. The van der Waals surface area contributed by atoms with Crippen molar-refractivity contribution in [2.75, 3.05) is 0 Å². The fourth-order valence-electron chi connectivity index (χ4n) is 2.57. The summed E-state index contributed by atoms with van der Waals surface area (Å²) in [5.41, 5.74) is 0.599. The third kappa shape index (κ3) is 8.07. The molecule has 0 aliphatic rings. The molecule has 2 unspecified atom stereocenters. The van der Waals surface area contributed by atoms with Crippen LogP contribution < -0.4 is 0 Å². The van der Waals surface area contributed by atoms with Gasteiger partial charge in [0.1, 0.15) is 5.83 Å². The molecule has 0 heterocycles. The molecule has 0 aromatic carbocycles. The number of nitrogens with zero attached hydrogens (tertiary/aromatic N) is 1. The van der Waals surface area contributed by atoms with Gasteiger partial charge in [0.25, 0.3) is 0 Å². The average molecular weight is 312 g/mol. The van der Waals surface area contributed by atoms with E-state index in [4.69, 9.17) is 11.6 Å². The van der Waals surface area contributed by atoms with Crippen molar-refractivity contribution in [3.8, 4) is 6.07 Å². The molecule has 0 N–H and O–H groups in total. The van der Waals surface area contributed by atoms with Gasteiger partial charge in [-0.05, 0) is 37.5 Å². The molecule has 21 heavy (non-hydrogen) atoms. The minimum absolute atomic E-state index is 0.147. The van der Waals surface area contributed by atoms with Crippen LogP contribution in [-0.4, -0.2) is 0 Å². The molecule has 2 atom stereocenters. The van der Waals surface area contributed by atoms with Crippen LogP contribution in [0.5, 0.6) is 0 Å². The Bertz CT molecular complexity index is 449. The Hall–Kier alpha value is -1.07. The first-order chi connectivity index (χ1) is 9.62. The van der Waals surface area contributed by atoms with Gasteiger partial charge < -0.3 is 0 Å². The van der Waals surface area contributed by atoms with Crippen LogP contribution in [0, 0.1) is 28.6 Å². The summed E-state index contributed by atoms with van der Waals surface area (Å²) < 4.78 is 14.1. The smallest absolute Gasteiger partial charge is 0.145 e. The molecule has 0 amide bonds. The summed E-state index contributed by atoms with van der Waals surface area (Å²) >= 11 is 5.64. The molecule has 0 rings (SSSR count). The van der Waals surface area contributed by atoms with Gasteiger partial charge in [0.2, 0.25) is 0 Å². The highest BCUT2D eigenvalue weighted by Gasteiger charge is 2.20. The lowest BCUT2D eigenvalue weighted by molar-refractivity contribution is 0.290. The molecule has 0 aliphatic carbocycles. The highest BCUT2D eigenvalue weighted by atomic mass is 35.5. The molecule has 0 spiro atoms. The molecule has 0 bridgehead atoms. The summed E-state index contributed by atoms with van der Waals surface area (Å²) in [4.78, 5) is 0. The van der Waals surface area contributed by atoms with Crippen molar-refractivity contribution >= 4 is 11.6 Å². The maximum Gasteiger partial charge on any atom is 0.145 e. The van der Waals surface area contributed by atoms with Crippen molar-refractivity contribution in [2.24, 2.45) is 17.3 Å². The second-order valence-corrected chi connectivity index (χ2v) is 7.26. The fourth-order valence-corrected chi connectivity index (χ4v) is 2.68. The highest BCUT2D eigenvalue weighted by molar-refractivity contribution is 6.31. The monoisotopic (exact) mass is 311 g/mol. The van der Waals surface area contributed by atoms with Crippen LogP contribution in [0.4, 0.5) is 4.39 Å². The maximum atomic E-state index is 14.1. The molecule has 0 aromatic heterocycles. The maximum absolute atomic E-state index is 14.1. The Labute approximate surface area is 134 Å². The van der Waals surface area contributed by atoms with E-state index in [1.165, 1.54) is 0 Å². The van der Waals surface area contributed by atoms with E-state index in [0.29, 0.717) is 17.9 Å². The number of halogens is 2. The van der Waals surface area contributed by atoms with Crippen LogP contribution >= 0.6 is 11.6 Å². The molecular weight excluding hydrogens is 285 g/mol. The third-order valence-corrected chi connectivity index (χ3v) is 3.44. The van der Waals surface area contributed by atoms with Crippen LogP contribution in [0.2, 0.25) is 0 Å². The molecule has 1 nitrogen and oxygen atoms in total. The standard InChI is InChI=1S/C18H27ClFN/c1-7-8-16(17(20)14(3)19)15(12-21)10-9-13(2)11-18(4,5)6/h7-8,13,15H,3,9-11H2,1-2,4-6H3/b8-7?,17-16-. The van der Waals surface area contributed by atoms with Crippen LogP contribution in [0.15, 0.2) is 35.2 Å². The van der Waals surface area contributed by atoms with Gasteiger partial charge in [0.05, 0.1) is 17.0 Å². The van der Waals surface area contributed by atoms with E-state index in [2.05, 4.69) is 40.3 Å². The van der Waals surface area contributed by atoms with E-state index >= 15 is 0 Å². The Morgan fingerprint density at radius 1 is 1.38 bits per heavy atom. The van der Waals surface area contributed by atoms with Gasteiger partial charge in [-0.25, -0.2) is 4.39 Å². The molecule has 3 heteroatoms. The number of rotatable bonds is 7. The Balaban J connectivity index is 4.96. The fraction of sp³-hybridized carbons (Fsp3) is 0.611. The highest BCUT2D eigenvalue weighted by Crippen LogP contribution is 2.31. The van der Waals surface area contributed by atoms with Gasteiger partial charge in [-0.3, -0.25) is 0 Å². The number of nitriles is 1. The minimum atomic E-state index is -0.579. The largest absolute Gasteiger partial charge is 0.205 e. The molecule has 0 aromatic rings. The van der Waals surface area contributed by atoms with Gasteiger partial charge >= 0.3 is 0 Å². The Kier molecular flexibility index (Phi) is 8.59. The molecule has 0 aliphatic heterocycles. The van der Waals surface area contributed by atoms with Crippen LogP contribution in [-0.2, 0) is 0 Å². The molecule has 0 saturated carbocycles. The SMILES string of the molecule is C=C(Cl)/C(F)=C(\C=CC)C(C#N)CCC(C)CC(C)(C)C. The quantitative estimate of drug-likeness (QED) is 0.490. The van der Waals surface area contributed by atoms with E-state index in [1.54, 1.807) is 19.1 Å². The lowest BCUT2D eigenvalue weighted by Crippen LogP contribution is -2.12. The first kappa shape index (κ1) is 19.9. The molecule has 0 fully saturated rings. The van der Waals surface area contributed by atoms with Crippen LogP contribution in [0.1, 0.15) is 53.9 Å². The van der Waals surface area contributed by atoms with Crippen molar-refractivity contribution in [3.63, 3.8) is 0 Å². The summed E-state index contributed by atoms with van der Waals surface area (Å²) in [5, 5.41) is 9.19. The van der Waals surface area contributed by atoms with Gasteiger partial charge in [-0.1, -0.05) is 58.0 Å². The van der Waals surface area contributed by atoms with Gasteiger partial charge in [0.15, 0.2) is 0 Å². The normalized spacial score (nSPS) is 16.3. The van der Waals surface area contributed by atoms with Crippen molar-refractivity contribution in [3.05, 3.63) is 35.2 Å². The zero-order valence-corrected chi connectivity index (χ0v) is 14.6. The molecular formula is C18H27ClFN. The van der Waals surface area contributed by atoms with Crippen LogP contribution in [0.25, 0.3) is 0 Å². The first-order valence-electron chi connectivity index (χ1n) is 7.39. The summed E-state index contributed by atoms with van der Waals surface area (Å²) in [6.07, 6.45) is 5.94. The lowest BCUT2D eigenvalue weighted by atomic mass is 9.81. The number of hydrogen-bond donors (Lipinski definition) is 0. The van der Waals surface area contributed by atoms with Crippen LogP contribution in [0.3, 0.4) is 0 Å². The van der Waals surface area contributed by atoms with E-state index in [-0.39, 0.29) is 10.4 Å². The number of hydrogen-bond acceptors (Lipinski definition) is 1. The predicted octanol–water partition coefficient (Wildman–Crippen LogP) is 6.53. The molecule has 0 saturated heterocycles. The van der Waals surface area contributed by atoms with Gasteiger partial charge in [-0.15, -0.1) is 0 Å². The number of allylic oxidation sites excluding steroid dienone is 5. The zero-order chi connectivity index (χ0) is 16.6. The van der Waals surface area contributed by atoms with E-state index in [1.807, 2.05) is 0 Å². The third-order valence-electron chi connectivity index (χ3n) is 3.28. The summed E-state index contributed by atoms with van der Waals surface area (Å²) in [6, 6.07) is 2.19.